The highest BCUT2D eigenvalue weighted by Gasteiger charge is 2.27. The molecule has 0 aliphatic heterocycles. The van der Waals surface area contributed by atoms with E-state index in [0.29, 0.717) is 18.5 Å². The second kappa shape index (κ2) is 5.18. The van der Waals surface area contributed by atoms with Crippen molar-refractivity contribution in [3.05, 3.63) is 35.4 Å². The van der Waals surface area contributed by atoms with Crippen LogP contribution in [0.1, 0.15) is 23.2 Å². The predicted molar refractivity (Wildman–Crippen MR) is 63.8 cm³/mol. The summed E-state index contributed by atoms with van der Waals surface area (Å²) in [6.45, 7) is 0.687. The molecular weight excluding hydrogens is 236 g/mol. The molecule has 0 spiro atoms. The molecular formula is C14H13F2NO. The van der Waals surface area contributed by atoms with Crippen molar-refractivity contribution in [3.8, 4) is 12.3 Å². The molecule has 0 aromatic heterocycles. The molecule has 1 amide bonds. The fourth-order valence-corrected chi connectivity index (χ4v) is 1.77. The quantitative estimate of drug-likeness (QED) is 0.751. The number of rotatable bonds is 4. The Morgan fingerprint density at radius 1 is 1.44 bits per heavy atom. The van der Waals surface area contributed by atoms with Crippen molar-refractivity contribution < 1.29 is 13.6 Å². The fraction of sp³-hybridized carbons (Fsp3) is 0.357. The molecule has 18 heavy (non-hydrogen) atoms. The first-order valence-electron chi connectivity index (χ1n) is 5.79. The Bertz CT molecular complexity index is 503. The van der Waals surface area contributed by atoms with Crippen molar-refractivity contribution in [1.82, 2.24) is 4.90 Å². The number of halogens is 2. The highest BCUT2D eigenvalue weighted by molar-refractivity contribution is 5.94. The molecule has 1 aliphatic rings. The minimum atomic E-state index is -0.849. The monoisotopic (exact) mass is 249 g/mol. The standard InChI is InChI=1S/C14H13F2NO/c1-2-7-17(9-10-3-4-10)14(18)12-6-5-11(15)8-13(12)16/h1,5-6,8,10H,3-4,7,9H2. The Hall–Kier alpha value is -1.89. The lowest BCUT2D eigenvalue weighted by Gasteiger charge is -2.20. The topological polar surface area (TPSA) is 20.3 Å². The van der Waals surface area contributed by atoms with Gasteiger partial charge in [-0.25, -0.2) is 8.78 Å². The largest absolute Gasteiger partial charge is 0.327 e. The predicted octanol–water partition coefficient (Wildman–Crippen LogP) is 2.45. The van der Waals surface area contributed by atoms with E-state index in [9.17, 15) is 13.6 Å². The van der Waals surface area contributed by atoms with E-state index >= 15 is 0 Å². The summed E-state index contributed by atoms with van der Waals surface area (Å²) in [7, 11) is 0. The summed E-state index contributed by atoms with van der Waals surface area (Å²) in [5.41, 5.74) is -0.132. The van der Waals surface area contributed by atoms with E-state index in [4.69, 9.17) is 6.42 Å². The zero-order valence-electron chi connectivity index (χ0n) is 9.83. The Balaban J connectivity index is 2.18. The lowest BCUT2D eigenvalue weighted by molar-refractivity contribution is 0.0765. The van der Waals surface area contributed by atoms with E-state index in [-0.39, 0.29) is 12.1 Å². The van der Waals surface area contributed by atoms with E-state index in [1.807, 2.05) is 0 Å². The minimum absolute atomic E-state index is 0.132. The maximum Gasteiger partial charge on any atom is 0.257 e. The van der Waals surface area contributed by atoms with Crippen molar-refractivity contribution >= 4 is 5.91 Å². The first-order valence-corrected chi connectivity index (χ1v) is 5.79. The van der Waals surface area contributed by atoms with Gasteiger partial charge in [0.1, 0.15) is 11.6 Å². The lowest BCUT2D eigenvalue weighted by atomic mass is 10.1. The van der Waals surface area contributed by atoms with Gasteiger partial charge < -0.3 is 4.90 Å². The van der Waals surface area contributed by atoms with Crippen LogP contribution in [-0.4, -0.2) is 23.9 Å². The van der Waals surface area contributed by atoms with Crippen LogP contribution in [0.5, 0.6) is 0 Å². The Labute approximate surface area is 105 Å². The summed E-state index contributed by atoms with van der Waals surface area (Å²) < 4.78 is 26.3. The van der Waals surface area contributed by atoms with Crippen LogP contribution in [0.3, 0.4) is 0 Å². The maximum atomic E-state index is 13.5. The van der Waals surface area contributed by atoms with Gasteiger partial charge in [0.15, 0.2) is 0 Å². The summed E-state index contributed by atoms with van der Waals surface area (Å²) in [5.74, 6) is 0.831. The molecule has 4 heteroatoms. The van der Waals surface area contributed by atoms with Crippen molar-refractivity contribution in [3.63, 3.8) is 0 Å². The molecule has 1 saturated carbocycles. The molecule has 1 aromatic rings. The molecule has 1 aliphatic carbocycles. The van der Waals surface area contributed by atoms with E-state index in [1.165, 1.54) is 4.90 Å². The fourth-order valence-electron chi connectivity index (χ4n) is 1.77. The SMILES string of the molecule is C#CCN(CC1CC1)C(=O)c1ccc(F)cc1F. The smallest absolute Gasteiger partial charge is 0.257 e. The number of terminal acetylenes is 1. The van der Waals surface area contributed by atoms with Gasteiger partial charge in [-0.1, -0.05) is 5.92 Å². The van der Waals surface area contributed by atoms with Crippen molar-refractivity contribution in [1.29, 1.82) is 0 Å². The van der Waals surface area contributed by atoms with Gasteiger partial charge >= 0.3 is 0 Å². The number of hydrogen-bond acceptors (Lipinski definition) is 1. The van der Waals surface area contributed by atoms with Gasteiger partial charge in [0, 0.05) is 12.6 Å². The molecule has 1 aromatic carbocycles. The number of carbonyl (C=O) groups is 1. The summed E-state index contributed by atoms with van der Waals surface area (Å²) in [6.07, 6.45) is 7.35. The van der Waals surface area contributed by atoms with Gasteiger partial charge in [-0.15, -0.1) is 6.42 Å². The molecule has 0 saturated heterocycles. The summed E-state index contributed by atoms with van der Waals surface area (Å²) in [6, 6.07) is 2.93. The van der Waals surface area contributed by atoms with Gasteiger partial charge in [-0.3, -0.25) is 4.79 Å². The lowest BCUT2D eigenvalue weighted by Crippen LogP contribution is -2.33. The van der Waals surface area contributed by atoms with Gasteiger partial charge in [0.25, 0.3) is 5.91 Å². The van der Waals surface area contributed by atoms with Crippen LogP contribution in [0.2, 0.25) is 0 Å². The first-order chi connectivity index (χ1) is 8.61. The number of benzene rings is 1. The molecule has 1 fully saturated rings. The molecule has 2 nitrogen and oxygen atoms in total. The molecule has 94 valence electrons. The number of nitrogens with zero attached hydrogens (tertiary/aromatic N) is 1. The van der Waals surface area contributed by atoms with Gasteiger partial charge in [-0.2, -0.15) is 0 Å². The molecule has 0 radical (unpaired) electrons. The van der Waals surface area contributed by atoms with E-state index in [1.54, 1.807) is 0 Å². The van der Waals surface area contributed by atoms with E-state index < -0.39 is 17.5 Å². The Morgan fingerprint density at radius 2 is 2.17 bits per heavy atom. The summed E-state index contributed by atoms with van der Waals surface area (Å²) in [4.78, 5) is 13.5. The molecule has 0 N–H and O–H groups in total. The number of hydrogen-bond donors (Lipinski definition) is 0. The summed E-state index contributed by atoms with van der Waals surface area (Å²) in [5, 5.41) is 0. The Kier molecular flexibility index (Phi) is 3.61. The molecule has 0 unspecified atom stereocenters. The van der Waals surface area contributed by atoms with Crippen molar-refractivity contribution in [2.45, 2.75) is 12.8 Å². The average molecular weight is 249 g/mol. The highest BCUT2D eigenvalue weighted by Crippen LogP contribution is 2.30. The van der Waals surface area contributed by atoms with Crippen LogP contribution < -0.4 is 0 Å². The van der Waals surface area contributed by atoms with Crippen LogP contribution >= 0.6 is 0 Å². The minimum Gasteiger partial charge on any atom is -0.327 e. The second-order valence-corrected chi connectivity index (χ2v) is 4.46. The molecule has 0 bridgehead atoms. The van der Waals surface area contributed by atoms with Gasteiger partial charge in [-0.05, 0) is 30.9 Å². The number of amides is 1. The highest BCUT2D eigenvalue weighted by atomic mass is 19.1. The molecule has 0 heterocycles. The van der Waals surface area contributed by atoms with Crippen LogP contribution in [0.4, 0.5) is 8.78 Å². The third-order valence-corrected chi connectivity index (χ3v) is 2.91. The van der Waals surface area contributed by atoms with E-state index in [0.717, 1.165) is 25.0 Å². The van der Waals surface area contributed by atoms with Gasteiger partial charge in [0.05, 0.1) is 12.1 Å². The molecule has 0 atom stereocenters. The van der Waals surface area contributed by atoms with Crippen LogP contribution in [0.25, 0.3) is 0 Å². The van der Waals surface area contributed by atoms with Gasteiger partial charge in [0.2, 0.25) is 0 Å². The Morgan fingerprint density at radius 3 is 2.72 bits per heavy atom. The second-order valence-electron chi connectivity index (χ2n) is 4.46. The molecule has 2 rings (SSSR count). The maximum absolute atomic E-state index is 13.5. The normalized spacial score (nSPS) is 14.1. The van der Waals surface area contributed by atoms with Crippen molar-refractivity contribution in [2.24, 2.45) is 5.92 Å². The zero-order valence-corrected chi connectivity index (χ0v) is 9.83. The van der Waals surface area contributed by atoms with Crippen LogP contribution in [0.15, 0.2) is 18.2 Å². The summed E-state index contributed by atoms with van der Waals surface area (Å²) >= 11 is 0. The van der Waals surface area contributed by atoms with Crippen LogP contribution in [-0.2, 0) is 0 Å². The third kappa shape index (κ3) is 2.86. The average Bonchev–Trinajstić information content (AvgIpc) is 3.11. The third-order valence-electron chi connectivity index (χ3n) is 2.91. The number of carbonyl (C=O) groups excluding carboxylic acids is 1. The van der Waals surface area contributed by atoms with Crippen LogP contribution in [0, 0.1) is 29.9 Å². The zero-order chi connectivity index (χ0) is 13.1. The van der Waals surface area contributed by atoms with Crippen molar-refractivity contribution in [2.75, 3.05) is 13.1 Å². The first kappa shape index (κ1) is 12.6. The van der Waals surface area contributed by atoms with E-state index in [2.05, 4.69) is 5.92 Å².